The topological polar surface area (TPSA) is 94.1 Å². The molecule has 0 bridgehead atoms. The summed E-state index contributed by atoms with van der Waals surface area (Å²) in [4.78, 5) is 6.51. The van der Waals surface area contributed by atoms with Gasteiger partial charge in [0.2, 0.25) is 15.0 Å². The highest BCUT2D eigenvalue weighted by atomic mass is 32.2. The number of hydrogen-bond acceptors (Lipinski definition) is 6. The monoisotopic (exact) mass is 380 g/mol. The molecule has 0 atom stereocenters. The van der Waals surface area contributed by atoms with Crippen molar-refractivity contribution in [1.29, 1.82) is 0 Å². The van der Waals surface area contributed by atoms with Gasteiger partial charge in [0.1, 0.15) is 0 Å². The lowest BCUT2D eigenvalue weighted by Gasteiger charge is -2.12. The highest BCUT2D eigenvalue weighted by Crippen LogP contribution is 2.36. The van der Waals surface area contributed by atoms with Crippen LogP contribution in [-0.2, 0) is 25.9 Å². The van der Waals surface area contributed by atoms with Crippen molar-refractivity contribution in [3.05, 3.63) is 36.2 Å². The Morgan fingerprint density at radius 3 is 1.88 bits per heavy atom. The molecule has 2 rings (SSSR count). The summed E-state index contributed by atoms with van der Waals surface area (Å²) < 4.78 is 85.1. The number of alkyl halides is 3. The van der Waals surface area contributed by atoms with Crippen LogP contribution in [-0.4, -0.2) is 39.3 Å². The van der Waals surface area contributed by atoms with E-state index in [1.54, 1.807) is 0 Å². The molecule has 11 heteroatoms. The fourth-order valence-electron chi connectivity index (χ4n) is 1.85. The van der Waals surface area contributed by atoms with Crippen LogP contribution in [0, 0.1) is 0 Å². The third-order valence-electron chi connectivity index (χ3n) is 2.96. The Balaban J connectivity index is 2.66. The predicted molar refractivity (Wildman–Crippen MR) is 78.7 cm³/mol. The van der Waals surface area contributed by atoms with Gasteiger partial charge in [0.25, 0.3) is 0 Å². The summed E-state index contributed by atoms with van der Waals surface area (Å²) in [6, 6.07) is 4.64. The summed E-state index contributed by atoms with van der Waals surface area (Å²) in [6.45, 7) is 0. The maximum Gasteiger partial charge on any atom is 0.434 e. The third-order valence-corrected chi connectivity index (χ3v) is 4.95. The highest BCUT2D eigenvalue weighted by molar-refractivity contribution is 7.90. The van der Waals surface area contributed by atoms with E-state index in [9.17, 15) is 30.0 Å². The average molecular weight is 380 g/mol. The van der Waals surface area contributed by atoms with Crippen molar-refractivity contribution in [2.75, 3.05) is 12.5 Å². The van der Waals surface area contributed by atoms with E-state index in [0.717, 1.165) is 24.6 Å². The summed E-state index contributed by atoms with van der Waals surface area (Å²) in [5.41, 5.74) is -1.85. The van der Waals surface area contributed by atoms with Gasteiger partial charge in [-0.05, 0) is 17.7 Å². The summed E-state index contributed by atoms with van der Waals surface area (Å²) in [7, 11) is -7.51. The van der Waals surface area contributed by atoms with E-state index >= 15 is 0 Å². The van der Waals surface area contributed by atoms with Crippen molar-refractivity contribution < 1.29 is 30.0 Å². The number of hydrogen-bond donors (Lipinski definition) is 0. The van der Waals surface area contributed by atoms with Crippen molar-refractivity contribution >= 4 is 19.7 Å². The number of halogens is 3. The van der Waals surface area contributed by atoms with Gasteiger partial charge in [0.05, 0.1) is 4.90 Å². The number of benzene rings is 1. The van der Waals surface area contributed by atoms with E-state index in [-0.39, 0.29) is 10.5 Å². The minimum Gasteiger partial charge on any atom is -0.226 e. The minimum absolute atomic E-state index is 0.00905. The lowest BCUT2D eigenvalue weighted by Crippen LogP contribution is -2.15. The molecule has 0 spiro atoms. The molecular weight excluding hydrogens is 369 g/mol. The summed E-state index contributed by atoms with van der Waals surface area (Å²) in [6.07, 6.45) is -2.49. The van der Waals surface area contributed by atoms with Crippen molar-refractivity contribution in [1.82, 2.24) is 9.97 Å². The Hall–Kier alpha value is -2.01. The van der Waals surface area contributed by atoms with Gasteiger partial charge in [-0.1, -0.05) is 12.1 Å². The second-order valence-corrected chi connectivity index (χ2v) is 8.91. The molecule has 1 aromatic heterocycles. The van der Waals surface area contributed by atoms with Gasteiger partial charge in [-0.25, -0.2) is 26.8 Å². The molecule has 0 radical (unpaired) electrons. The van der Waals surface area contributed by atoms with E-state index in [1.165, 1.54) is 12.1 Å². The molecule has 0 aliphatic rings. The zero-order valence-electron chi connectivity index (χ0n) is 12.4. The molecule has 0 amide bonds. The molecule has 1 heterocycles. The Kier molecular flexibility index (Phi) is 4.44. The van der Waals surface area contributed by atoms with Gasteiger partial charge >= 0.3 is 6.18 Å². The Morgan fingerprint density at radius 2 is 1.46 bits per heavy atom. The molecule has 0 unspecified atom stereocenters. The van der Waals surface area contributed by atoms with Crippen molar-refractivity contribution in [2.24, 2.45) is 0 Å². The maximum absolute atomic E-state index is 13.2. The number of nitrogens with zero attached hydrogens (tertiary/aromatic N) is 2. The van der Waals surface area contributed by atoms with Crippen LogP contribution in [0.5, 0.6) is 0 Å². The zero-order valence-corrected chi connectivity index (χ0v) is 14.0. The van der Waals surface area contributed by atoms with Crippen LogP contribution in [0.15, 0.2) is 40.5 Å². The lowest BCUT2D eigenvalue weighted by atomic mass is 10.1. The van der Waals surface area contributed by atoms with Crippen LogP contribution in [0.3, 0.4) is 0 Å². The molecular formula is C13H11F3N2O4S2. The first-order valence-corrected chi connectivity index (χ1v) is 10.0. The third kappa shape index (κ3) is 3.90. The number of aromatic nitrogens is 2. The molecule has 24 heavy (non-hydrogen) atoms. The normalized spacial score (nSPS) is 13.0. The van der Waals surface area contributed by atoms with Gasteiger partial charge in [0, 0.05) is 24.3 Å². The molecule has 6 nitrogen and oxygen atoms in total. The standard InChI is InChI=1S/C13H11F3N2O4S2/c1-23(19,20)9-5-3-8(4-6-9)10-7-17-12(24(2,21)22)18-11(10)13(14,15)16/h3-7H,1-2H3. The summed E-state index contributed by atoms with van der Waals surface area (Å²) in [5, 5.41) is -0.939. The minimum atomic E-state index is -4.91. The second kappa shape index (κ2) is 5.81. The number of rotatable bonds is 3. The summed E-state index contributed by atoms with van der Waals surface area (Å²) in [5.74, 6) is 0. The molecule has 1 aromatic carbocycles. The zero-order chi connectivity index (χ0) is 18.3. The van der Waals surface area contributed by atoms with Crippen LogP contribution < -0.4 is 0 Å². The molecule has 0 saturated carbocycles. The average Bonchev–Trinajstić information content (AvgIpc) is 2.44. The van der Waals surface area contributed by atoms with Gasteiger partial charge in [-0.3, -0.25) is 0 Å². The Bertz CT molecular complexity index is 983. The second-order valence-electron chi connectivity index (χ2n) is 4.98. The summed E-state index contributed by atoms with van der Waals surface area (Å²) >= 11 is 0. The quantitative estimate of drug-likeness (QED) is 0.756. The van der Waals surface area contributed by atoms with E-state index in [1.807, 2.05) is 0 Å². The van der Waals surface area contributed by atoms with E-state index in [4.69, 9.17) is 0 Å². The van der Waals surface area contributed by atoms with Gasteiger partial charge in [-0.2, -0.15) is 13.2 Å². The number of sulfone groups is 2. The molecule has 0 N–H and O–H groups in total. The first kappa shape index (κ1) is 18.3. The van der Waals surface area contributed by atoms with Crippen LogP contribution in [0.2, 0.25) is 0 Å². The van der Waals surface area contributed by atoms with E-state index < -0.39 is 42.3 Å². The van der Waals surface area contributed by atoms with Gasteiger partial charge in [-0.15, -0.1) is 0 Å². The maximum atomic E-state index is 13.2. The van der Waals surface area contributed by atoms with Gasteiger partial charge < -0.3 is 0 Å². The van der Waals surface area contributed by atoms with E-state index in [0.29, 0.717) is 6.26 Å². The SMILES string of the molecule is CS(=O)(=O)c1ccc(-c2cnc(S(C)(=O)=O)nc2C(F)(F)F)cc1. The predicted octanol–water partition coefficient (Wildman–Crippen LogP) is 1.97. The molecule has 0 aliphatic heterocycles. The van der Waals surface area contributed by atoms with E-state index in [2.05, 4.69) is 9.97 Å². The molecule has 2 aromatic rings. The van der Waals surface area contributed by atoms with Crippen LogP contribution in [0.4, 0.5) is 13.2 Å². The molecule has 0 aliphatic carbocycles. The van der Waals surface area contributed by atoms with Crippen molar-refractivity contribution in [3.63, 3.8) is 0 Å². The van der Waals surface area contributed by atoms with Crippen LogP contribution in [0.25, 0.3) is 11.1 Å². The fraction of sp³-hybridized carbons (Fsp3) is 0.231. The first-order valence-electron chi connectivity index (χ1n) is 6.25. The molecule has 0 fully saturated rings. The van der Waals surface area contributed by atoms with Gasteiger partial charge in [0.15, 0.2) is 15.5 Å². The Labute approximate surface area is 136 Å². The molecule has 130 valence electrons. The molecule has 0 saturated heterocycles. The fourth-order valence-corrected chi connectivity index (χ4v) is 2.99. The first-order chi connectivity index (χ1) is 10.8. The van der Waals surface area contributed by atoms with Crippen LogP contribution >= 0.6 is 0 Å². The van der Waals surface area contributed by atoms with Crippen molar-refractivity contribution in [2.45, 2.75) is 16.2 Å². The Morgan fingerprint density at radius 1 is 0.917 bits per heavy atom. The van der Waals surface area contributed by atoms with Crippen molar-refractivity contribution in [3.8, 4) is 11.1 Å². The largest absolute Gasteiger partial charge is 0.434 e. The van der Waals surface area contributed by atoms with Crippen LogP contribution in [0.1, 0.15) is 5.69 Å². The lowest BCUT2D eigenvalue weighted by molar-refractivity contribution is -0.141. The smallest absolute Gasteiger partial charge is 0.226 e. The highest BCUT2D eigenvalue weighted by Gasteiger charge is 2.37.